The Morgan fingerprint density at radius 1 is 1.21 bits per heavy atom. The number of benzene rings is 1. The highest BCUT2D eigenvalue weighted by molar-refractivity contribution is 5.95. The minimum Gasteiger partial charge on any atom is -0.389 e. The van der Waals surface area contributed by atoms with Gasteiger partial charge in [-0.2, -0.15) is 13.2 Å². The fourth-order valence-electron chi connectivity index (χ4n) is 4.14. The third kappa shape index (κ3) is 3.25. The topological polar surface area (TPSA) is 67.2 Å². The van der Waals surface area contributed by atoms with E-state index in [0.717, 1.165) is 37.8 Å². The lowest BCUT2D eigenvalue weighted by atomic mass is 9.88. The fourth-order valence-corrected chi connectivity index (χ4v) is 4.14. The Balaban J connectivity index is 1.47. The first kappa shape index (κ1) is 18.4. The summed E-state index contributed by atoms with van der Waals surface area (Å²) in [6, 6.07) is 3.32. The summed E-state index contributed by atoms with van der Waals surface area (Å²) in [7, 11) is 0. The van der Waals surface area contributed by atoms with Crippen molar-refractivity contribution in [2.75, 3.05) is 5.32 Å². The average molecular weight is 403 g/mol. The minimum absolute atomic E-state index is 0.0196. The second-order valence-corrected chi connectivity index (χ2v) is 8.19. The number of fused-ring (bicyclic) bond motifs is 1. The van der Waals surface area contributed by atoms with Gasteiger partial charge in [0.2, 0.25) is 11.9 Å². The van der Waals surface area contributed by atoms with Gasteiger partial charge in [-0.25, -0.2) is 4.98 Å². The smallest absolute Gasteiger partial charge is 0.389 e. The van der Waals surface area contributed by atoms with Gasteiger partial charge in [0.15, 0.2) is 0 Å². The van der Waals surface area contributed by atoms with Gasteiger partial charge >= 0.3 is 6.18 Å². The summed E-state index contributed by atoms with van der Waals surface area (Å²) in [4.78, 5) is 17.1. The highest BCUT2D eigenvalue weighted by Crippen LogP contribution is 2.53. The van der Waals surface area contributed by atoms with Crippen molar-refractivity contribution >= 4 is 28.6 Å². The molecule has 0 atom stereocenters. The Kier molecular flexibility index (Phi) is 3.93. The van der Waals surface area contributed by atoms with Gasteiger partial charge in [0.25, 0.3) is 0 Å². The lowest BCUT2D eigenvalue weighted by molar-refractivity contribution is -0.137. The third-order valence-corrected chi connectivity index (χ3v) is 6.04. The van der Waals surface area contributed by atoms with Crippen LogP contribution in [0.5, 0.6) is 0 Å². The normalized spacial score (nSPS) is 19.2. The number of halogens is 3. The molecular formula is C21H20F3N3O2. The molecule has 5 rings (SSSR count). The second kappa shape index (κ2) is 6.19. The second-order valence-electron chi connectivity index (χ2n) is 8.19. The summed E-state index contributed by atoms with van der Waals surface area (Å²) in [6.07, 6.45) is 4.46. The quantitative estimate of drug-likeness (QED) is 0.754. The number of imidazole rings is 1. The van der Waals surface area contributed by atoms with E-state index in [1.807, 2.05) is 0 Å². The van der Waals surface area contributed by atoms with Crippen LogP contribution >= 0.6 is 0 Å². The maximum Gasteiger partial charge on any atom is 0.416 e. The van der Waals surface area contributed by atoms with Gasteiger partial charge < -0.3 is 5.11 Å². The van der Waals surface area contributed by atoms with Gasteiger partial charge in [0.1, 0.15) is 0 Å². The highest BCUT2D eigenvalue weighted by Gasteiger charge is 2.54. The van der Waals surface area contributed by atoms with Gasteiger partial charge in [0.05, 0.1) is 28.6 Å². The number of aliphatic hydroxyl groups is 1. The number of rotatable bonds is 6. The number of nitrogens with one attached hydrogen (secondary N) is 1. The Labute approximate surface area is 164 Å². The maximum absolute atomic E-state index is 13.2. The molecule has 0 radical (unpaired) electrons. The predicted octanol–water partition coefficient (Wildman–Crippen LogP) is 4.35. The molecule has 1 amide bonds. The minimum atomic E-state index is -4.47. The summed E-state index contributed by atoms with van der Waals surface area (Å²) in [5.41, 5.74) is -0.494. The van der Waals surface area contributed by atoms with E-state index >= 15 is 0 Å². The number of hydrogen-bond acceptors (Lipinski definition) is 3. The summed E-state index contributed by atoms with van der Waals surface area (Å²) in [6.45, 7) is 0. The molecule has 29 heavy (non-hydrogen) atoms. The van der Waals surface area contributed by atoms with Crippen LogP contribution in [0, 0.1) is 11.8 Å². The van der Waals surface area contributed by atoms with Gasteiger partial charge in [-0.05, 0) is 67.9 Å². The zero-order valence-corrected chi connectivity index (χ0v) is 15.5. The molecule has 0 unspecified atom stereocenters. The number of hydrogen-bond donors (Lipinski definition) is 2. The van der Waals surface area contributed by atoms with Crippen molar-refractivity contribution in [1.82, 2.24) is 9.55 Å². The lowest BCUT2D eigenvalue weighted by Gasteiger charge is -2.27. The molecule has 0 bridgehead atoms. The molecular weight excluding hydrogens is 383 g/mol. The fraction of sp³-hybridized carbons (Fsp3) is 0.429. The monoisotopic (exact) mass is 403 g/mol. The zero-order valence-electron chi connectivity index (χ0n) is 15.5. The van der Waals surface area contributed by atoms with Crippen LogP contribution in [-0.2, 0) is 11.0 Å². The maximum atomic E-state index is 13.2. The number of aromatic nitrogens is 2. The van der Waals surface area contributed by atoms with Crippen molar-refractivity contribution in [3.63, 3.8) is 0 Å². The molecule has 0 aliphatic heterocycles. The van der Waals surface area contributed by atoms with E-state index < -0.39 is 17.3 Å². The van der Waals surface area contributed by atoms with Crippen molar-refractivity contribution in [2.45, 2.75) is 43.9 Å². The standard InChI is InChI=1S/C21H20F3N3O2/c22-21(23,24)14-8-9-16-17(10-14)27(15-2-1-3-15)19(25-16)26-18(28)11-20(29,12-4-5-12)13-6-7-13/h1-3,8-10,12-13,29H,4-7,11H2,(H,25,26,28). The van der Waals surface area contributed by atoms with E-state index in [-0.39, 0.29) is 35.6 Å². The van der Waals surface area contributed by atoms with Gasteiger partial charge in [-0.15, -0.1) is 0 Å². The molecule has 2 saturated carbocycles. The molecule has 0 saturated heterocycles. The molecule has 152 valence electrons. The molecule has 3 aliphatic carbocycles. The van der Waals surface area contributed by atoms with Crippen LogP contribution in [0.2, 0.25) is 0 Å². The molecule has 3 aliphatic rings. The molecule has 1 aromatic carbocycles. The van der Waals surface area contributed by atoms with E-state index in [2.05, 4.69) is 10.3 Å². The summed E-state index contributed by atoms with van der Waals surface area (Å²) >= 11 is 0. The van der Waals surface area contributed by atoms with Gasteiger partial charge in [-0.3, -0.25) is 14.7 Å². The van der Waals surface area contributed by atoms with E-state index in [9.17, 15) is 23.1 Å². The average Bonchev–Trinajstić information content (AvgIpc) is 3.50. The number of allylic oxidation sites excluding steroid dienone is 4. The van der Waals surface area contributed by atoms with Crippen molar-refractivity contribution in [3.8, 4) is 0 Å². The number of amides is 1. The summed E-state index contributed by atoms with van der Waals surface area (Å²) in [5.74, 6) is 0.106. The SMILES string of the molecule is O=C(CC(O)(C1CC1)C1CC1)Nc1nc2ccc(C(F)(F)F)cc2n1C1=CC=C1. The first-order valence-electron chi connectivity index (χ1n) is 9.76. The Hall–Kier alpha value is -2.61. The Morgan fingerprint density at radius 2 is 1.86 bits per heavy atom. The van der Waals surface area contributed by atoms with E-state index in [4.69, 9.17) is 0 Å². The van der Waals surface area contributed by atoms with Crippen LogP contribution in [-0.4, -0.2) is 26.2 Å². The third-order valence-electron chi connectivity index (χ3n) is 6.04. The largest absolute Gasteiger partial charge is 0.416 e. The highest BCUT2D eigenvalue weighted by atomic mass is 19.4. The Morgan fingerprint density at radius 3 is 2.38 bits per heavy atom. The van der Waals surface area contributed by atoms with Gasteiger partial charge in [-0.1, -0.05) is 6.08 Å². The van der Waals surface area contributed by atoms with Crippen LogP contribution in [0.25, 0.3) is 16.7 Å². The summed E-state index contributed by atoms with van der Waals surface area (Å²) < 4.78 is 41.0. The molecule has 2 aromatic rings. The molecule has 1 heterocycles. The first-order chi connectivity index (χ1) is 13.8. The molecule has 5 nitrogen and oxygen atoms in total. The van der Waals surface area contributed by atoms with Crippen molar-refractivity contribution in [1.29, 1.82) is 0 Å². The number of anilines is 1. The van der Waals surface area contributed by atoms with Crippen molar-refractivity contribution in [3.05, 3.63) is 42.0 Å². The molecule has 8 heteroatoms. The molecule has 2 fully saturated rings. The summed E-state index contributed by atoms with van der Waals surface area (Å²) in [5, 5.41) is 13.7. The molecule has 0 spiro atoms. The number of carbonyl (C=O) groups excluding carboxylic acids is 1. The first-order valence-corrected chi connectivity index (χ1v) is 9.76. The van der Waals surface area contributed by atoms with Crippen LogP contribution in [0.3, 0.4) is 0 Å². The van der Waals surface area contributed by atoms with E-state index in [1.54, 1.807) is 18.2 Å². The van der Waals surface area contributed by atoms with E-state index in [1.165, 1.54) is 10.6 Å². The number of carbonyl (C=O) groups is 1. The number of nitrogens with zero attached hydrogens (tertiary/aromatic N) is 2. The van der Waals surface area contributed by atoms with Crippen LogP contribution in [0.15, 0.2) is 36.4 Å². The van der Waals surface area contributed by atoms with Crippen molar-refractivity contribution < 1.29 is 23.1 Å². The molecule has 1 aromatic heterocycles. The zero-order chi connectivity index (χ0) is 20.4. The predicted molar refractivity (Wildman–Crippen MR) is 102 cm³/mol. The van der Waals surface area contributed by atoms with Crippen LogP contribution in [0.1, 0.15) is 37.7 Å². The van der Waals surface area contributed by atoms with Crippen LogP contribution < -0.4 is 5.32 Å². The Bertz CT molecular complexity index is 1050. The number of alkyl halides is 3. The van der Waals surface area contributed by atoms with Crippen molar-refractivity contribution in [2.24, 2.45) is 11.8 Å². The van der Waals surface area contributed by atoms with Crippen LogP contribution in [0.4, 0.5) is 19.1 Å². The molecule has 2 N–H and O–H groups in total. The van der Waals surface area contributed by atoms with E-state index in [0.29, 0.717) is 11.2 Å². The van der Waals surface area contributed by atoms with Gasteiger partial charge in [0, 0.05) is 5.70 Å². The lowest BCUT2D eigenvalue weighted by Crippen LogP contribution is -2.38.